The lowest BCUT2D eigenvalue weighted by Crippen LogP contribution is -2.28. The minimum Gasteiger partial charge on any atom is -0.452 e. The second-order valence-electron chi connectivity index (χ2n) is 6.21. The van der Waals surface area contributed by atoms with Crippen LogP contribution in [0.15, 0.2) is 54.6 Å². The molecule has 138 valence electrons. The Morgan fingerprint density at radius 1 is 1.04 bits per heavy atom. The number of aromatic nitrogens is 2. The van der Waals surface area contributed by atoms with Gasteiger partial charge in [-0.15, -0.1) is 0 Å². The van der Waals surface area contributed by atoms with Gasteiger partial charge in [-0.2, -0.15) is 0 Å². The van der Waals surface area contributed by atoms with E-state index in [1.54, 1.807) is 24.3 Å². The van der Waals surface area contributed by atoms with Crippen molar-refractivity contribution in [3.05, 3.63) is 77.1 Å². The molecule has 0 bridgehead atoms. The normalized spacial score (nSPS) is 10.4. The number of hydrogen-bond donors (Lipinski definition) is 2. The Balaban J connectivity index is 1.51. The molecule has 0 spiro atoms. The summed E-state index contributed by atoms with van der Waals surface area (Å²) < 4.78 is 5.07. The summed E-state index contributed by atoms with van der Waals surface area (Å²) in [6, 6.07) is 16.4. The Labute approximate surface area is 157 Å². The van der Waals surface area contributed by atoms with Gasteiger partial charge in [0.2, 0.25) is 0 Å². The van der Waals surface area contributed by atoms with Gasteiger partial charge in [-0.25, -0.2) is 9.78 Å². The molecule has 3 aromatic rings. The van der Waals surface area contributed by atoms with E-state index in [0.29, 0.717) is 12.1 Å². The van der Waals surface area contributed by atoms with Crippen molar-refractivity contribution in [3.63, 3.8) is 0 Å². The first-order chi connectivity index (χ1) is 13.0. The van der Waals surface area contributed by atoms with E-state index >= 15 is 0 Å². The van der Waals surface area contributed by atoms with Crippen LogP contribution in [0.2, 0.25) is 0 Å². The molecule has 2 N–H and O–H groups in total. The summed E-state index contributed by atoms with van der Waals surface area (Å²) in [5.74, 6) is -0.126. The van der Waals surface area contributed by atoms with Crippen molar-refractivity contribution in [2.24, 2.45) is 0 Å². The number of benzene rings is 2. The zero-order valence-corrected chi connectivity index (χ0v) is 15.3. The van der Waals surface area contributed by atoms with Gasteiger partial charge in [0, 0.05) is 17.8 Å². The summed E-state index contributed by atoms with van der Waals surface area (Å²) in [5, 5.41) is 2.72. The van der Waals surface area contributed by atoms with Gasteiger partial charge in [0.1, 0.15) is 5.82 Å². The third-order valence-electron chi connectivity index (χ3n) is 4.19. The van der Waals surface area contributed by atoms with E-state index in [2.05, 4.69) is 15.3 Å². The molecule has 3 rings (SSSR count). The smallest absolute Gasteiger partial charge is 0.338 e. The molecular weight excluding hydrogens is 342 g/mol. The summed E-state index contributed by atoms with van der Waals surface area (Å²) in [4.78, 5) is 31.6. The summed E-state index contributed by atoms with van der Waals surface area (Å²) in [6.45, 7) is 3.97. The van der Waals surface area contributed by atoms with Gasteiger partial charge in [0.15, 0.2) is 6.61 Å². The number of ether oxygens (including phenoxy) is 1. The molecule has 1 heterocycles. The van der Waals surface area contributed by atoms with Gasteiger partial charge in [-0.1, -0.05) is 42.5 Å². The standard InChI is InChI=1S/C21H21N3O3/c1-14-15(2)24-20(23-14)17-8-10-18(11-9-17)21(26)27-13-19(25)22-12-16-6-4-3-5-7-16/h3-11H,12-13H2,1-2H3,(H,22,25)(H,23,24). The lowest BCUT2D eigenvalue weighted by atomic mass is 10.1. The molecule has 0 saturated heterocycles. The Morgan fingerprint density at radius 2 is 1.74 bits per heavy atom. The van der Waals surface area contributed by atoms with Crippen LogP contribution in [-0.4, -0.2) is 28.5 Å². The molecule has 27 heavy (non-hydrogen) atoms. The number of nitrogens with zero attached hydrogens (tertiary/aromatic N) is 1. The first kappa shape index (κ1) is 18.4. The molecule has 0 aliphatic carbocycles. The number of esters is 1. The molecule has 0 aliphatic heterocycles. The summed E-state index contributed by atoms with van der Waals surface area (Å²) >= 11 is 0. The van der Waals surface area contributed by atoms with E-state index in [9.17, 15) is 9.59 Å². The van der Waals surface area contributed by atoms with Crippen LogP contribution in [0.1, 0.15) is 27.3 Å². The molecule has 1 aromatic heterocycles. The lowest BCUT2D eigenvalue weighted by Gasteiger charge is -2.07. The maximum absolute atomic E-state index is 12.1. The summed E-state index contributed by atoms with van der Waals surface area (Å²) in [7, 11) is 0. The fourth-order valence-corrected chi connectivity index (χ4v) is 2.51. The van der Waals surface area contributed by atoms with Crippen LogP contribution in [-0.2, 0) is 16.1 Å². The number of carbonyl (C=O) groups is 2. The molecule has 0 atom stereocenters. The van der Waals surface area contributed by atoms with Crippen molar-refractivity contribution in [3.8, 4) is 11.4 Å². The highest BCUT2D eigenvalue weighted by Crippen LogP contribution is 2.18. The van der Waals surface area contributed by atoms with Crippen molar-refractivity contribution in [2.45, 2.75) is 20.4 Å². The number of hydrogen-bond acceptors (Lipinski definition) is 4. The van der Waals surface area contributed by atoms with E-state index in [4.69, 9.17) is 4.74 Å². The van der Waals surface area contributed by atoms with Crippen molar-refractivity contribution < 1.29 is 14.3 Å². The van der Waals surface area contributed by atoms with Crippen molar-refractivity contribution in [1.29, 1.82) is 0 Å². The molecular formula is C21H21N3O3. The molecule has 6 heteroatoms. The number of rotatable bonds is 6. The fraction of sp³-hybridized carbons (Fsp3) is 0.190. The molecule has 1 amide bonds. The minimum atomic E-state index is -0.539. The number of amides is 1. The third kappa shape index (κ3) is 4.82. The highest BCUT2D eigenvalue weighted by molar-refractivity contribution is 5.91. The minimum absolute atomic E-state index is 0.315. The van der Waals surface area contributed by atoms with Gasteiger partial charge in [0.25, 0.3) is 5.91 Å². The van der Waals surface area contributed by atoms with E-state index < -0.39 is 5.97 Å². The van der Waals surface area contributed by atoms with Gasteiger partial charge < -0.3 is 15.0 Å². The average molecular weight is 363 g/mol. The van der Waals surface area contributed by atoms with Crippen LogP contribution in [0.4, 0.5) is 0 Å². The average Bonchev–Trinajstić information content (AvgIpc) is 3.04. The van der Waals surface area contributed by atoms with Crippen molar-refractivity contribution in [2.75, 3.05) is 6.61 Å². The van der Waals surface area contributed by atoms with E-state index in [1.807, 2.05) is 44.2 Å². The van der Waals surface area contributed by atoms with Crippen LogP contribution in [0.5, 0.6) is 0 Å². The topological polar surface area (TPSA) is 84.1 Å². The Kier molecular flexibility index (Phi) is 5.66. The van der Waals surface area contributed by atoms with Crippen molar-refractivity contribution in [1.82, 2.24) is 15.3 Å². The molecule has 6 nitrogen and oxygen atoms in total. The molecule has 0 radical (unpaired) electrons. The quantitative estimate of drug-likeness (QED) is 0.659. The SMILES string of the molecule is Cc1nc(-c2ccc(C(=O)OCC(=O)NCc3ccccc3)cc2)[nH]c1C. The van der Waals surface area contributed by atoms with Gasteiger partial charge in [-0.3, -0.25) is 4.79 Å². The molecule has 0 fully saturated rings. The zero-order valence-electron chi connectivity index (χ0n) is 15.3. The second kappa shape index (κ2) is 8.31. The predicted molar refractivity (Wildman–Crippen MR) is 102 cm³/mol. The summed E-state index contributed by atoms with van der Waals surface area (Å²) in [6.07, 6.45) is 0. The number of aromatic amines is 1. The van der Waals surface area contributed by atoms with Crippen LogP contribution < -0.4 is 5.32 Å². The Bertz CT molecular complexity index is 912. The largest absolute Gasteiger partial charge is 0.452 e. The van der Waals surface area contributed by atoms with Crippen molar-refractivity contribution >= 4 is 11.9 Å². The molecule has 0 saturated carbocycles. The van der Waals surface area contributed by atoms with Crippen LogP contribution in [0.25, 0.3) is 11.4 Å². The van der Waals surface area contributed by atoms with E-state index in [0.717, 1.165) is 28.3 Å². The van der Waals surface area contributed by atoms with Crippen LogP contribution in [0, 0.1) is 13.8 Å². The first-order valence-electron chi connectivity index (χ1n) is 8.64. The number of H-pyrrole nitrogens is 1. The van der Waals surface area contributed by atoms with Gasteiger partial charge in [-0.05, 0) is 31.5 Å². The zero-order chi connectivity index (χ0) is 19.2. The van der Waals surface area contributed by atoms with Crippen LogP contribution in [0.3, 0.4) is 0 Å². The monoisotopic (exact) mass is 363 g/mol. The third-order valence-corrected chi connectivity index (χ3v) is 4.19. The van der Waals surface area contributed by atoms with Gasteiger partial charge >= 0.3 is 5.97 Å². The van der Waals surface area contributed by atoms with E-state index in [-0.39, 0.29) is 12.5 Å². The Morgan fingerprint density at radius 3 is 2.37 bits per heavy atom. The van der Waals surface area contributed by atoms with Crippen LogP contribution >= 0.6 is 0 Å². The Hall–Kier alpha value is -3.41. The predicted octanol–water partition coefficient (Wildman–Crippen LogP) is 3.17. The summed E-state index contributed by atoms with van der Waals surface area (Å²) in [5.41, 5.74) is 4.19. The molecule has 0 aliphatic rings. The van der Waals surface area contributed by atoms with E-state index in [1.165, 1.54) is 0 Å². The highest BCUT2D eigenvalue weighted by Gasteiger charge is 2.11. The number of imidazole rings is 1. The fourth-order valence-electron chi connectivity index (χ4n) is 2.51. The maximum Gasteiger partial charge on any atom is 0.338 e. The maximum atomic E-state index is 12.1. The highest BCUT2D eigenvalue weighted by atomic mass is 16.5. The number of nitrogens with one attached hydrogen (secondary N) is 2. The molecule has 2 aromatic carbocycles. The number of aryl methyl sites for hydroxylation is 2. The number of carbonyl (C=O) groups excluding carboxylic acids is 2. The van der Waals surface area contributed by atoms with Gasteiger partial charge in [0.05, 0.1) is 11.3 Å². The second-order valence-corrected chi connectivity index (χ2v) is 6.21. The molecule has 0 unspecified atom stereocenters. The lowest BCUT2D eigenvalue weighted by molar-refractivity contribution is -0.124. The first-order valence-corrected chi connectivity index (χ1v) is 8.64.